The normalized spacial score (nSPS) is 16.7. The molecule has 2 unspecified atom stereocenters. The van der Waals surface area contributed by atoms with E-state index in [0.717, 1.165) is 0 Å². The summed E-state index contributed by atoms with van der Waals surface area (Å²) in [5.74, 6) is -1.68. The van der Waals surface area contributed by atoms with Crippen LogP contribution in [0.15, 0.2) is 0 Å². The highest BCUT2D eigenvalue weighted by atomic mass is 31.1. The number of hydrogen-bond donors (Lipinski definition) is 2. The molecule has 5 nitrogen and oxygen atoms in total. The third kappa shape index (κ3) is 2.26. The van der Waals surface area contributed by atoms with Gasteiger partial charge in [0.25, 0.3) is 0 Å². The lowest BCUT2D eigenvalue weighted by Gasteiger charge is -2.37. The molecule has 6 heteroatoms. The summed E-state index contributed by atoms with van der Waals surface area (Å²) < 4.78 is 11.1. The van der Waals surface area contributed by atoms with Gasteiger partial charge in [0, 0.05) is 0 Å². The minimum absolute atomic E-state index is 0.309. The molecule has 0 rings (SSSR count). The second-order valence-corrected chi connectivity index (χ2v) is 5.13. The maximum atomic E-state index is 11.1. The average Bonchev–Trinajstić information content (AvgIpc) is 2.24. The molecule has 0 saturated heterocycles. The van der Waals surface area contributed by atoms with Crippen molar-refractivity contribution in [3.63, 3.8) is 0 Å². The van der Waals surface area contributed by atoms with Crippen LogP contribution < -0.4 is 4.89 Å². The van der Waals surface area contributed by atoms with E-state index >= 15 is 0 Å². The second-order valence-electron chi connectivity index (χ2n) is 3.97. The predicted molar refractivity (Wildman–Crippen MR) is 58.1 cm³/mol. The molecule has 0 amide bonds. The zero-order chi connectivity index (χ0) is 13.0. The van der Waals surface area contributed by atoms with Crippen LogP contribution in [0.5, 0.6) is 0 Å². The van der Waals surface area contributed by atoms with Crippen LogP contribution in [0.2, 0.25) is 0 Å². The standard InChI is InChI=1S/C10H19O5P/c1-4-7-9(5-2,6-3)10(13,8(11)12)16(14)15/h13H,4-7H2,1-3H3,(H,11,12). The van der Waals surface area contributed by atoms with Crippen LogP contribution in [-0.4, -0.2) is 21.5 Å². The molecule has 0 aromatic rings. The number of rotatable bonds is 7. The summed E-state index contributed by atoms with van der Waals surface area (Å²) in [7, 11) is -3.44. The van der Waals surface area contributed by atoms with Gasteiger partial charge in [0.05, 0.1) is 5.41 Å². The Morgan fingerprint density at radius 1 is 1.31 bits per heavy atom. The van der Waals surface area contributed by atoms with E-state index in [0.29, 0.717) is 25.7 Å². The monoisotopic (exact) mass is 250 g/mol. The van der Waals surface area contributed by atoms with Crippen molar-refractivity contribution in [3.05, 3.63) is 0 Å². The number of hydrogen-bond acceptors (Lipinski definition) is 4. The van der Waals surface area contributed by atoms with Crippen molar-refractivity contribution < 1.29 is 24.5 Å². The van der Waals surface area contributed by atoms with E-state index in [4.69, 9.17) is 5.11 Å². The fourth-order valence-electron chi connectivity index (χ4n) is 2.25. The number of carboxylic acid groups (broad SMARTS) is 1. The first-order valence-corrected chi connectivity index (χ1v) is 6.60. The zero-order valence-corrected chi connectivity index (χ0v) is 10.8. The molecule has 16 heavy (non-hydrogen) atoms. The van der Waals surface area contributed by atoms with Crippen molar-refractivity contribution in [2.45, 2.75) is 51.8 Å². The molecule has 0 radical (unpaired) electrons. The van der Waals surface area contributed by atoms with Gasteiger partial charge >= 0.3 is 19.3 Å². The molecular formula is C10H19O5P. The molecule has 0 saturated carbocycles. The molecule has 0 heterocycles. The van der Waals surface area contributed by atoms with Gasteiger partial charge in [-0.15, -0.1) is 0 Å². The van der Waals surface area contributed by atoms with Crippen LogP contribution in [0.25, 0.3) is 0 Å². The Labute approximate surface area is 96.4 Å². The summed E-state index contributed by atoms with van der Waals surface area (Å²) in [6.07, 6.45) is 1.61. The van der Waals surface area contributed by atoms with Gasteiger partial charge in [-0.25, -0.2) is 4.79 Å². The lowest BCUT2D eigenvalue weighted by Crippen LogP contribution is -2.52. The second kappa shape index (κ2) is 5.71. The Kier molecular flexibility index (Phi) is 5.53. The van der Waals surface area contributed by atoms with Gasteiger partial charge in [0.2, 0.25) is 0 Å². The smallest absolute Gasteiger partial charge is 0.388 e. The van der Waals surface area contributed by atoms with Gasteiger partial charge in [0.15, 0.2) is 0 Å². The summed E-state index contributed by atoms with van der Waals surface area (Å²) in [5.41, 5.74) is -1.11. The molecule has 0 aliphatic carbocycles. The van der Waals surface area contributed by atoms with Gasteiger partial charge in [-0.3, -0.25) is 0 Å². The highest BCUT2D eigenvalue weighted by Gasteiger charge is 2.64. The van der Waals surface area contributed by atoms with Crippen molar-refractivity contribution >= 4 is 14.0 Å². The minimum Gasteiger partial charge on any atom is -0.593 e. The fourth-order valence-corrected chi connectivity index (χ4v) is 3.22. The Morgan fingerprint density at radius 2 is 1.75 bits per heavy atom. The van der Waals surface area contributed by atoms with Gasteiger partial charge in [-0.1, -0.05) is 31.8 Å². The SMILES string of the molecule is CCCC(CC)(CC)C(O)(C(=O)O)[P+](=O)[O-]. The molecule has 0 spiro atoms. The molecule has 0 aliphatic rings. The number of carboxylic acids is 1. The van der Waals surface area contributed by atoms with Crippen molar-refractivity contribution in [3.8, 4) is 0 Å². The van der Waals surface area contributed by atoms with Crippen molar-refractivity contribution in [1.82, 2.24) is 0 Å². The maximum Gasteiger partial charge on any atom is 0.388 e. The summed E-state index contributed by atoms with van der Waals surface area (Å²) in [6, 6.07) is 0. The van der Waals surface area contributed by atoms with Crippen molar-refractivity contribution in [2.24, 2.45) is 5.41 Å². The molecule has 0 bridgehead atoms. The number of carbonyl (C=O) groups is 1. The zero-order valence-electron chi connectivity index (χ0n) is 9.89. The summed E-state index contributed by atoms with van der Waals surface area (Å²) >= 11 is 0. The third-order valence-electron chi connectivity index (χ3n) is 3.38. The van der Waals surface area contributed by atoms with Gasteiger partial charge in [0.1, 0.15) is 0 Å². The van der Waals surface area contributed by atoms with Crippen molar-refractivity contribution in [1.29, 1.82) is 0 Å². The van der Waals surface area contributed by atoms with E-state index in [2.05, 4.69) is 0 Å². The van der Waals surface area contributed by atoms with E-state index < -0.39 is 24.8 Å². The topological polar surface area (TPSA) is 97.7 Å². The number of aliphatic carboxylic acids is 1. The Balaban J connectivity index is 5.60. The lowest BCUT2D eigenvalue weighted by molar-refractivity contribution is -0.200. The van der Waals surface area contributed by atoms with Crippen LogP contribution in [-0.2, 0) is 9.36 Å². The molecular weight excluding hydrogens is 231 g/mol. The van der Waals surface area contributed by atoms with E-state index in [9.17, 15) is 19.4 Å². The van der Waals surface area contributed by atoms with E-state index in [-0.39, 0.29) is 0 Å². The minimum atomic E-state index is -3.44. The number of aliphatic hydroxyl groups is 1. The van der Waals surface area contributed by atoms with Crippen LogP contribution in [0.3, 0.4) is 0 Å². The Morgan fingerprint density at radius 3 is 1.94 bits per heavy atom. The van der Waals surface area contributed by atoms with Crippen LogP contribution in [0.4, 0.5) is 0 Å². The average molecular weight is 250 g/mol. The predicted octanol–water partition coefficient (Wildman–Crippen LogP) is 1.47. The van der Waals surface area contributed by atoms with Gasteiger partial charge in [-0.05, 0) is 19.3 Å². The van der Waals surface area contributed by atoms with E-state index in [1.54, 1.807) is 13.8 Å². The fraction of sp³-hybridized carbons (Fsp3) is 0.900. The first-order chi connectivity index (χ1) is 7.32. The van der Waals surface area contributed by atoms with E-state index in [1.165, 1.54) is 0 Å². The van der Waals surface area contributed by atoms with E-state index in [1.807, 2.05) is 6.92 Å². The molecule has 2 N–H and O–H groups in total. The van der Waals surface area contributed by atoms with Crippen LogP contribution >= 0.6 is 8.03 Å². The highest BCUT2D eigenvalue weighted by Crippen LogP contribution is 2.52. The quantitative estimate of drug-likeness (QED) is 0.667. The summed E-state index contributed by atoms with van der Waals surface area (Å²) in [5, 5.41) is 16.3. The maximum absolute atomic E-state index is 11.1. The first kappa shape index (κ1) is 15.5. The molecule has 0 aromatic heterocycles. The molecule has 2 atom stereocenters. The molecule has 0 aliphatic heterocycles. The third-order valence-corrected chi connectivity index (χ3v) is 4.58. The first-order valence-electron chi connectivity index (χ1n) is 5.42. The summed E-state index contributed by atoms with van der Waals surface area (Å²) in [6.45, 7) is 5.23. The van der Waals surface area contributed by atoms with Gasteiger partial charge < -0.3 is 15.1 Å². The Bertz CT molecular complexity index is 258. The summed E-state index contributed by atoms with van der Waals surface area (Å²) in [4.78, 5) is 22.2. The molecule has 0 fully saturated rings. The van der Waals surface area contributed by atoms with Crippen molar-refractivity contribution in [2.75, 3.05) is 0 Å². The van der Waals surface area contributed by atoms with Gasteiger partial charge in [-0.2, -0.15) is 0 Å². The Hall–Kier alpha value is -0.510. The largest absolute Gasteiger partial charge is 0.593 e. The highest BCUT2D eigenvalue weighted by molar-refractivity contribution is 7.39. The van der Waals surface area contributed by atoms with Crippen LogP contribution in [0, 0.1) is 5.41 Å². The van der Waals surface area contributed by atoms with Crippen LogP contribution in [0.1, 0.15) is 46.5 Å². The lowest BCUT2D eigenvalue weighted by atomic mass is 9.73. The molecule has 94 valence electrons. The molecule has 0 aromatic carbocycles.